The van der Waals surface area contributed by atoms with Crippen LogP contribution in [0.1, 0.15) is 12.7 Å². The van der Waals surface area contributed by atoms with Gasteiger partial charge in [-0.25, -0.2) is 4.98 Å². The number of hydrogen-bond acceptors (Lipinski definition) is 4. The van der Waals surface area contributed by atoms with Crippen LogP contribution in [0, 0.1) is 5.41 Å². The van der Waals surface area contributed by atoms with E-state index >= 15 is 0 Å². The summed E-state index contributed by atoms with van der Waals surface area (Å²) in [6.07, 6.45) is 3.40. The average molecular weight is 238 g/mol. The molecule has 0 aliphatic carbocycles. The number of carbonyl (C=O) groups excluding carboxylic acids is 1. The van der Waals surface area contributed by atoms with Crippen molar-refractivity contribution in [3.8, 4) is 0 Å². The lowest BCUT2D eigenvalue weighted by Gasteiger charge is -2.30. The van der Waals surface area contributed by atoms with E-state index < -0.39 is 5.41 Å². The smallest absolute Gasteiger partial charge is 0.232 e. The molecule has 2 unspecified atom stereocenters. The zero-order valence-electron chi connectivity index (χ0n) is 10.1. The van der Waals surface area contributed by atoms with Crippen molar-refractivity contribution in [2.75, 3.05) is 20.3 Å². The number of nitrogens with one attached hydrogen (secondary N) is 1. The second-order valence-corrected chi connectivity index (χ2v) is 4.74. The summed E-state index contributed by atoms with van der Waals surface area (Å²) in [6, 6.07) is -0.242. The maximum atomic E-state index is 12.3. The maximum absolute atomic E-state index is 12.3. The van der Waals surface area contributed by atoms with Gasteiger partial charge in [-0.1, -0.05) is 0 Å². The highest BCUT2D eigenvalue weighted by Crippen LogP contribution is 2.29. The second-order valence-electron chi connectivity index (χ2n) is 4.74. The topological polar surface area (TPSA) is 84.2 Å². The van der Waals surface area contributed by atoms with Crippen molar-refractivity contribution in [3.05, 3.63) is 18.2 Å². The van der Waals surface area contributed by atoms with Crippen molar-refractivity contribution < 1.29 is 9.53 Å². The van der Waals surface area contributed by atoms with Crippen LogP contribution in [0.5, 0.6) is 0 Å². The van der Waals surface area contributed by atoms with Crippen LogP contribution < -0.4 is 5.73 Å². The summed E-state index contributed by atoms with van der Waals surface area (Å²) < 4.78 is 5.28. The average Bonchev–Trinajstić information content (AvgIpc) is 2.90. The molecule has 1 aromatic heterocycles. The number of aromatic nitrogens is 2. The molecular weight excluding hydrogens is 220 g/mol. The molecule has 2 heterocycles. The zero-order valence-corrected chi connectivity index (χ0v) is 10.1. The highest BCUT2D eigenvalue weighted by molar-refractivity contribution is 5.83. The molecule has 0 saturated carbocycles. The molecule has 1 aliphatic rings. The molecule has 2 atom stereocenters. The Hall–Kier alpha value is -1.40. The van der Waals surface area contributed by atoms with Crippen LogP contribution in [-0.2, 0) is 16.1 Å². The molecule has 1 aromatic rings. The summed E-state index contributed by atoms with van der Waals surface area (Å²) >= 11 is 0. The maximum Gasteiger partial charge on any atom is 0.232 e. The number of ether oxygens (including phenoxy) is 1. The lowest BCUT2D eigenvalue weighted by atomic mass is 9.84. The number of nitrogens with zero attached hydrogens (tertiary/aromatic N) is 2. The minimum absolute atomic E-state index is 0.00102. The van der Waals surface area contributed by atoms with Gasteiger partial charge < -0.3 is 20.4 Å². The van der Waals surface area contributed by atoms with Crippen molar-refractivity contribution in [1.82, 2.24) is 14.9 Å². The highest BCUT2D eigenvalue weighted by Gasteiger charge is 2.45. The van der Waals surface area contributed by atoms with E-state index in [4.69, 9.17) is 10.5 Å². The number of H-pyrrole nitrogens is 1. The van der Waals surface area contributed by atoms with E-state index in [0.717, 1.165) is 5.82 Å². The Morgan fingerprint density at radius 1 is 1.82 bits per heavy atom. The summed E-state index contributed by atoms with van der Waals surface area (Å²) in [5, 5.41) is 0. The van der Waals surface area contributed by atoms with Gasteiger partial charge in [0.05, 0.1) is 25.2 Å². The molecular formula is C11H18N4O2. The van der Waals surface area contributed by atoms with E-state index in [2.05, 4.69) is 9.97 Å². The van der Waals surface area contributed by atoms with Crippen molar-refractivity contribution in [2.24, 2.45) is 11.1 Å². The monoisotopic (exact) mass is 238 g/mol. The predicted molar refractivity (Wildman–Crippen MR) is 62.0 cm³/mol. The number of amides is 1. The predicted octanol–water partition coefficient (Wildman–Crippen LogP) is -0.268. The van der Waals surface area contributed by atoms with Crippen molar-refractivity contribution in [2.45, 2.75) is 19.5 Å². The fourth-order valence-electron chi connectivity index (χ4n) is 2.03. The number of imidazole rings is 1. The third kappa shape index (κ3) is 2.18. The summed E-state index contributed by atoms with van der Waals surface area (Å²) in [5.74, 6) is 0.760. The minimum atomic E-state index is -0.624. The van der Waals surface area contributed by atoms with E-state index in [-0.39, 0.29) is 11.9 Å². The molecule has 0 radical (unpaired) electrons. The molecule has 6 heteroatoms. The molecule has 17 heavy (non-hydrogen) atoms. The fourth-order valence-corrected chi connectivity index (χ4v) is 2.03. The van der Waals surface area contributed by atoms with E-state index in [0.29, 0.717) is 19.8 Å². The van der Waals surface area contributed by atoms with Crippen LogP contribution in [0.15, 0.2) is 12.4 Å². The lowest BCUT2D eigenvalue weighted by Crippen LogP contribution is -2.50. The third-order valence-corrected chi connectivity index (χ3v) is 3.29. The SMILES string of the molecule is CN(Cc1ncc[nH]1)C(=O)C1(C)COCC1N. The number of rotatable bonds is 3. The van der Waals surface area contributed by atoms with E-state index in [1.54, 1.807) is 24.3 Å². The van der Waals surface area contributed by atoms with E-state index in [9.17, 15) is 4.79 Å². The Morgan fingerprint density at radius 2 is 2.59 bits per heavy atom. The second kappa shape index (κ2) is 4.46. The van der Waals surface area contributed by atoms with Crippen molar-refractivity contribution >= 4 is 5.91 Å². The summed E-state index contributed by atoms with van der Waals surface area (Å²) in [7, 11) is 1.75. The molecule has 0 aromatic carbocycles. The Bertz CT molecular complexity index is 392. The van der Waals surface area contributed by atoms with Crippen LogP contribution in [0.3, 0.4) is 0 Å². The van der Waals surface area contributed by atoms with Crippen LogP contribution >= 0.6 is 0 Å². The lowest BCUT2D eigenvalue weighted by molar-refractivity contribution is -0.141. The molecule has 0 spiro atoms. The Balaban J connectivity index is 2.04. The highest BCUT2D eigenvalue weighted by atomic mass is 16.5. The Kier molecular flexibility index (Phi) is 3.17. The molecule has 2 rings (SSSR count). The third-order valence-electron chi connectivity index (χ3n) is 3.29. The normalized spacial score (nSPS) is 28.3. The van der Waals surface area contributed by atoms with Crippen LogP contribution in [-0.4, -0.2) is 47.1 Å². The van der Waals surface area contributed by atoms with E-state index in [1.165, 1.54) is 0 Å². The Morgan fingerprint density at radius 3 is 3.12 bits per heavy atom. The van der Waals surface area contributed by atoms with Gasteiger partial charge in [0.2, 0.25) is 5.91 Å². The number of nitrogens with two attached hydrogens (primary N) is 1. The van der Waals surface area contributed by atoms with Crippen LogP contribution in [0.2, 0.25) is 0 Å². The van der Waals surface area contributed by atoms with Crippen molar-refractivity contribution in [1.29, 1.82) is 0 Å². The molecule has 94 valence electrons. The Labute approximate surface area is 100 Å². The summed E-state index contributed by atoms with van der Waals surface area (Å²) in [4.78, 5) is 21.0. The standard InChI is InChI=1S/C11H18N4O2/c1-11(7-17-6-8(11)12)10(16)15(2)5-9-13-3-4-14-9/h3-4,8H,5-7,12H2,1-2H3,(H,13,14). The summed E-state index contributed by atoms with van der Waals surface area (Å²) in [5.41, 5.74) is 5.31. The molecule has 3 N–H and O–H groups in total. The first-order chi connectivity index (χ1) is 8.04. The number of carbonyl (C=O) groups is 1. The number of aromatic amines is 1. The van der Waals surface area contributed by atoms with Gasteiger partial charge in [-0.15, -0.1) is 0 Å². The molecule has 1 saturated heterocycles. The number of hydrogen-bond donors (Lipinski definition) is 2. The molecule has 0 bridgehead atoms. The molecule has 1 aliphatic heterocycles. The van der Waals surface area contributed by atoms with Gasteiger partial charge in [-0.3, -0.25) is 4.79 Å². The molecule has 1 fully saturated rings. The van der Waals surface area contributed by atoms with Crippen LogP contribution in [0.25, 0.3) is 0 Å². The van der Waals surface area contributed by atoms with Gasteiger partial charge in [0, 0.05) is 25.5 Å². The van der Waals surface area contributed by atoms with Gasteiger partial charge in [-0.05, 0) is 6.92 Å². The quantitative estimate of drug-likeness (QED) is 0.759. The van der Waals surface area contributed by atoms with Gasteiger partial charge in [0.15, 0.2) is 0 Å². The van der Waals surface area contributed by atoms with Gasteiger partial charge in [0.25, 0.3) is 0 Å². The summed E-state index contributed by atoms with van der Waals surface area (Å²) in [6.45, 7) is 3.13. The van der Waals surface area contributed by atoms with Gasteiger partial charge in [0.1, 0.15) is 5.82 Å². The van der Waals surface area contributed by atoms with E-state index in [1.807, 2.05) is 6.92 Å². The van der Waals surface area contributed by atoms with Gasteiger partial charge >= 0.3 is 0 Å². The van der Waals surface area contributed by atoms with Gasteiger partial charge in [-0.2, -0.15) is 0 Å². The largest absolute Gasteiger partial charge is 0.379 e. The zero-order chi connectivity index (χ0) is 12.5. The van der Waals surface area contributed by atoms with Crippen LogP contribution in [0.4, 0.5) is 0 Å². The first kappa shape index (κ1) is 12.1. The molecule has 1 amide bonds. The first-order valence-electron chi connectivity index (χ1n) is 5.61. The van der Waals surface area contributed by atoms with Crippen molar-refractivity contribution in [3.63, 3.8) is 0 Å². The molecule has 6 nitrogen and oxygen atoms in total. The fraction of sp³-hybridized carbons (Fsp3) is 0.636. The minimum Gasteiger partial charge on any atom is -0.379 e. The first-order valence-corrected chi connectivity index (χ1v) is 5.61.